The van der Waals surface area contributed by atoms with Crippen LogP contribution in [0, 0.1) is 0 Å². The summed E-state index contributed by atoms with van der Waals surface area (Å²) in [6, 6.07) is 6.16. The molecule has 0 bridgehead atoms. The van der Waals surface area contributed by atoms with Crippen molar-refractivity contribution in [2.45, 2.75) is 52.0 Å². The summed E-state index contributed by atoms with van der Waals surface area (Å²) < 4.78 is 2.78. The Morgan fingerprint density at radius 2 is 2.16 bits per heavy atom. The number of unbranched alkanes of at least 4 members (excludes halogenated alkanes) is 1. The van der Waals surface area contributed by atoms with Crippen molar-refractivity contribution >= 4 is 27.4 Å². The quantitative estimate of drug-likeness (QED) is 0.564. The fraction of sp³-hybridized carbons (Fsp3) is 0.421. The van der Waals surface area contributed by atoms with Crippen LogP contribution in [0.2, 0.25) is 0 Å². The fourth-order valence-corrected chi connectivity index (χ4v) is 3.35. The molecule has 5 nitrogen and oxygen atoms in total. The van der Waals surface area contributed by atoms with E-state index in [0.29, 0.717) is 12.5 Å². The van der Waals surface area contributed by atoms with Gasteiger partial charge in [-0.05, 0) is 40.4 Å². The molecule has 1 unspecified atom stereocenters. The summed E-state index contributed by atoms with van der Waals surface area (Å²) in [4.78, 5) is 9.05. The minimum atomic E-state index is 0.477. The average molecular weight is 402 g/mol. The first-order chi connectivity index (χ1) is 12.2. The van der Waals surface area contributed by atoms with Crippen molar-refractivity contribution in [1.82, 2.24) is 19.6 Å². The Balaban J connectivity index is 1.92. The zero-order valence-electron chi connectivity index (χ0n) is 14.7. The number of hydrogen-bond donors (Lipinski definition) is 1. The Morgan fingerprint density at radius 3 is 2.88 bits per heavy atom. The van der Waals surface area contributed by atoms with Gasteiger partial charge < -0.3 is 5.32 Å². The van der Waals surface area contributed by atoms with Gasteiger partial charge >= 0.3 is 0 Å². The Labute approximate surface area is 157 Å². The van der Waals surface area contributed by atoms with Gasteiger partial charge in [0.2, 0.25) is 0 Å². The second-order valence-corrected chi connectivity index (χ2v) is 7.11. The van der Waals surface area contributed by atoms with Gasteiger partial charge in [-0.1, -0.05) is 32.8 Å². The lowest BCUT2D eigenvalue weighted by molar-refractivity contribution is 0.557. The summed E-state index contributed by atoms with van der Waals surface area (Å²) in [5.41, 5.74) is 3.14. The van der Waals surface area contributed by atoms with E-state index in [0.717, 1.165) is 33.6 Å². The van der Waals surface area contributed by atoms with E-state index in [9.17, 15) is 0 Å². The molecule has 1 N–H and O–H groups in total. The Kier molecular flexibility index (Phi) is 6.02. The average Bonchev–Trinajstić information content (AvgIpc) is 3.02. The van der Waals surface area contributed by atoms with Crippen molar-refractivity contribution in [3.63, 3.8) is 0 Å². The van der Waals surface area contributed by atoms with Crippen molar-refractivity contribution in [3.8, 4) is 0 Å². The summed E-state index contributed by atoms with van der Waals surface area (Å²) in [6.45, 7) is 5.17. The van der Waals surface area contributed by atoms with Crippen LogP contribution < -0.4 is 5.32 Å². The van der Waals surface area contributed by atoms with Crippen LogP contribution in [-0.2, 0) is 6.54 Å². The Morgan fingerprint density at radius 1 is 1.28 bits per heavy atom. The molecule has 0 aromatic carbocycles. The largest absolute Gasteiger partial charge is 0.366 e. The molecule has 0 saturated carbocycles. The van der Waals surface area contributed by atoms with Crippen molar-refractivity contribution in [3.05, 3.63) is 52.5 Å². The number of rotatable bonds is 8. The highest BCUT2D eigenvalue weighted by Gasteiger charge is 2.16. The summed E-state index contributed by atoms with van der Waals surface area (Å²) in [5.74, 6) is 1.44. The van der Waals surface area contributed by atoms with Crippen LogP contribution in [0.15, 0.2) is 41.3 Å². The zero-order valence-corrected chi connectivity index (χ0v) is 16.3. The van der Waals surface area contributed by atoms with Gasteiger partial charge in [-0.2, -0.15) is 9.61 Å². The molecule has 0 spiro atoms. The third-order valence-electron chi connectivity index (χ3n) is 4.46. The lowest BCUT2D eigenvalue weighted by atomic mass is 9.95. The minimum absolute atomic E-state index is 0.477. The summed E-state index contributed by atoms with van der Waals surface area (Å²) >= 11 is 3.57. The van der Waals surface area contributed by atoms with E-state index in [1.165, 1.54) is 19.3 Å². The molecule has 0 aliphatic heterocycles. The summed E-state index contributed by atoms with van der Waals surface area (Å²) in [6.07, 6.45) is 10.2. The van der Waals surface area contributed by atoms with E-state index in [1.54, 1.807) is 12.4 Å². The van der Waals surface area contributed by atoms with Crippen molar-refractivity contribution in [2.24, 2.45) is 0 Å². The van der Waals surface area contributed by atoms with Crippen molar-refractivity contribution in [2.75, 3.05) is 5.32 Å². The summed E-state index contributed by atoms with van der Waals surface area (Å²) in [5, 5.41) is 7.94. The molecule has 3 aromatic heterocycles. The van der Waals surface area contributed by atoms with E-state index in [1.807, 2.05) is 16.8 Å². The van der Waals surface area contributed by atoms with Crippen LogP contribution >= 0.6 is 15.9 Å². The van der Waals surface area contributed by atoms with Gasteiger partial charge in [-0.3, -0.25) is 4.98 Å². The number of fused-ring (bicyclic) bond motifs is 1. The molecule has 3 heterocycles. The zero-order chi connectivity index (χ0) is 17.6. The number of pyridine rings is 1. The van der Waals surface area contributed by atoms with Crippen molar-refractivity contribution in [1.29, 1.82) is 0 Å². The lowest BCUT2D eigenvalue weighted by Crippen LogP contribution is -2.10. The smallest absolute Gasteiger partial charge is 0.171 e. The molecule has 25 heavy (non-hydrogen) atoms. The maximum Gasteiger partial charge on any atom is 0.171 e. The normalized spacial score (nSPS) is 12.4. The number of hydrogen-bond acceptors (Lipinski definition) is 4. The van der Waals surface area contributed by atoms with Gasteiger partial charge in [0, 0.05) is 36.6 Å². The molecular weight excluding hydrogens is 378 g/mol. The molecule has 3 rings (SSSR count). The molecule has 3 aromatic rings. The van der Waals surface area contributed by atoms with Crippen LogP contribution in [-0.4, -0.2) is 19.6 Å². The van der Waals surface area contributed by atoms with Gasteiger partial charge in [-0.15, -0.1) is 0 Å². The first kappa shape index (κ1) is 17.9. The van der Waals surface area contributed by atoms with Crippen LogP contribution in [0.5, 0.6) is 0 Å². The molecule has 0 aliphatic rings. The highest BCUT2D eigenvalue weighted by molar-refractivity contribution is 9.10. The van der Waals surface area contributed by atoms with Crippen molar-refractivity contribution < 1.29 is 0 Å². The first-order valence-electron chi connectivity index (χ1n) is 8.89. The van der Waals surface area contributed by atoms with Crippen LogP contribution in [0.25, 0.3) is 5.65 Å². The Hall–Kier alpha value is -1.95. The van der Waals surface area contributed by atoms with E-state index in [2.05, 4.69) is 57.3 Å². The van der Waals surface area contributed by atoms with Gasteiger partial charge in [0.15, 0.2) is 5.65 Å². The van der Waals surface area contributed by atoms with Gasteiger partial charge in [0.25, 0.3) is 0 Å². The predicted octanol–water partition coefficient (Wildman–Crippen LogP) is 5.18. The van der Waals surface area contributed by atoms with E-state index >= 15 is 0 Å². The van der Waals surface area contributed by atoms with E-state index in [4.69, 9.17) is 4.98 Å². The number of nitrogens with one attached hydrogen (secondary N) is 1. The molecule has 0 radical (unpaired) electrons. The summed E-state index contributed by atoms with van der Waals surface area (Å²) in [7, 11) is 0. The third-order valence-corrected chi connectivity index (χ3v) is 5.02. The van der Waals surface area contributed by atoms with Gasteiger partial charge in [-0.25, -0.2) is 4.98 Å². The fourth-order valence-electron chi connectivity index (χ4n) is 3.00. The highest BCUT2D eigenvalue weighted by atomic mass is 79.9. The van der Waals surface area contributed by atoms with E-state index in [-0.39, 0.29) is 0 Å². The topological polar surface area (TPSA) is 55.1 Å². The Bertz CT molecular complexity index is 815. The molecular formula is C19H24BrN5. The highest BCUT2D eigenvalue weighted by Crippen LogP contribution is 2.29. The van der Waals surface area contributed by atoms with Gasteiger partial charge in [0.1, 0.15) is 5.82 Å². The number of nitrogens with zero attached hydrogens (tertiary/aromatic N) is 4. The predicted molar refractivity (Wildman–Crippen MR) is 105 cm³/mol. The second-order valence-electron chi connectivity index (χ2n) is 6.26. The standard InChI is InChI=1S/C19H24BrN5/c1-3-5-8-15(4-2)17-10-18(22-12-14-7-6-9-21-11-14)25-19(24-17)16(20)13-23-25/h6-7,9-11,13,15,22H,3-5,8,12H2,1-2H3. The maximum atomic E-state index is 4.88. The van der Waals surface area contributed by atoms with Crippen LogP contribution in [0.4, 0.5) is 5.82 Å². The monoisotopic (exact) mass is 401 g/mol. The second kappa shape index (κ2) is 8.43. The number of aromatic nitrogens is 4. The van der Waals surface area contributed by atoms with E-state index < -0.39 is 0 Å². The number of anilines is 1. The SMILES string of the molecule is CCCCC(CC)c1cc(NCc2cccnc2)n2ncc(Br)c2n1. The molecule has 132 valence electrons. The van der Waals surface area contributed by atoms with Crippen LogP contribution in [0.3, 0.4) is 0 Å². The molecule has 0 aliphatic carbocycles. The lowest BCUT2D eigenvalue weighted by Gasteiger charge is -2.17. The first-order valence-corrected chi connectivity index (χ1v) is 9.69. The molecule has 0 amide bonds. The molecule has 1 atom stereocenters. The molecule has 0 fully saturated rings. The number of halogens is 1. The molecule has 6 heteroatoms. The minimum Gasteiger partial charge on any atom is -0.366 e. The maximum absolute atomic E-state index is 4.88. The van der Waals surface area contributed by atoms with Gasteiger partial charge in [0.05, 0.1) is 10.7 Å². The third kappa shape index (κ3) is 4.18. The molecule has 0 saturated heterocycles. The van der Waals surface area contributed by atoms with Crippen LogP contribution in [0.1, 0.15) is 56.7 Å².